The lowest BCUT2D eigenvalue weighted by molar-refractivity contribution is 0.400. The van der Waals surface area contributed by atoms with Crippen molar-refractivity contribution < 1.29 is 13.2 Å². The minimum absolute atomic E-state index is 0.177. The molecule has 1 aromatic carbocycles. The van der Waals surface area contributed by atoms with Crippen LogP contribution >= 0.6 is 0 Å². The first-order valence-corrected chi connectivity index (χ1v) is 8.59. The van der Waals surface area contributed by atoms with E-state index in [-0.39, 0.29) is 4.90 Å². The molecule has 0 aromatic heterocycles. The maximum atomic E-state index is 12.5. The van der Waals surface area contributed by atoms with Gasteiger partial charge in [0.2, 0.25) is 10.0 Å². The predicted molar refractivity (Wildman–Crippen MR) is 85.1 cm³/mol. The van der Waals surface area contributed by atoms with Crippen LogP contribution in [-0.4, -0.2) is 27.6 Å². The standard InChI is InChI=1S/C15H26N2O3S/c1-6-9-16-11-12-7-8-13(20-5)14(10-12)21(18,19)17-15(2,3)4/h7-8,10,16-17H,6,9,11H2,1-5H3. The lowest BCUT2D eigenvalue weighted by Gasteiger charge is -2.21. The zero-order valence-corrected chi connectivity index (χ0v) is 14.3. The van der Waals surface area contributed by atoms with Crippen LogP contribution in [0.15, 0.2) is 23.1 Å². The Kier molecular flexibility index (Phi) is 6.19. The lowest BCUT2D eigenvalue weighted by Crippen LogP contribution is -2.40. The second-order valence-electron chi connectivity index (χ2n) is 6.02. The van der Waals surface area contributed by atoms with Crippen molar-refractivity contribution in [3.8, 4) is 5.75 Å². The number of sulfonamides is 1. The van der Waals surface area contributed by atoms with Crippen molar-refractivity contribution in [2.75, 3.05) is 13.7 Å². The monoisotopic (exact) mass is 314 g/mol. The molecule has 5 nitrogen and oxygen atoms in total. The Hall–Kier alpha value is -1.11. The fourth-order valence-electron chi connectivity index (χ4n) is 1.91. The summed E-state index contributed by atoms with van der Waals surface area (Å²) in [6, 6.07) is 5.23. The highest BCUT2D eigenvalue weighted by Crippen LogP contribution is 2.26. The summed E-state index contributed by atoms with van der Waals surface area (Å²) in [5.74, 6) is 0.353. The van der Waals surface area contributed by atoms with Crippen LogP contribution in [0.3, 0.4) is 0 Å². The average molecular weight is 314 g/mol. The summed E-state index contributed by atoms with van der Waals surface area (Å²) in [6.45, 7) is 9.05. The minimum Gasteiger partial charge on any atom is -0.495 e. The van der Waals surface area contributed by atoms with Crippen molar-refractivity contribution in [2.24, 2.45) is 0 Å². The molecule has 0 aliphatic rings. The van der Waals surface area contributed by atoms with E-state index >= 15 is 0 Å². The molecule has 0 radical (unpaired) electrons. The molecule has 120 valence electrons. The van der Waals surface area contributed by atoms with E-state index in [4.69, 9.17) is 4.74 Å². The van der Waals surface area contributed by atoms with E-state index in [1.165, 1.54) is 7.11 Å². The molecule has 0 unspecified atom stereocenters. The van der Waals surface area contributed by atoms with E-state index in [0.717, 1.165) is 18.5 Å². The predicted octanol–water partition coefficient (Wildman–Crippen LogP) is 2.27. The summed E-state index contributed by atoms with van der Waals surface area (Å²) in [5.41, 5.74) is 0.374. The molecule has 0 bridgehead atoms. The van der Waals surface area contributed by atoms with Crippen molar-refractivity contribution in [2.45, 2.75) is 51.1 Å². The molecule has 0 spiro atoms. The van der Waals surface area contributed by atoms with E-state index in [9.17, 15) is 8.42 Å². The lowest BCUT2D eigenvalue weighted by atomic mass is 10.1. The third kappa shape index (κ3) is 5.65. The molecule has 0 saturated carbocycles. The van der Waals surface area contributed by atoms with Crippen molar-refractivity contribution in [3.63, 3.8) is 0 Å². The smallest absolute Gasteiger partial charge is 0.244 e. The molecule has 0 aliphatic carbocycles. The maximum absolute atomic E-state index is 12.5. The van der Waals surface area contributed by atoms with Gasteiger partial charge in [0.15, 0.2) is 0 Å². The fraction of sp³-hybridized carbons (Fsp3) is 0.600. The molecule has 0 fully saturated rings. The Labute approximate surface area is 128 Å². The van der Waals surface area contributed by atoms with Gasteiger partial charge < -0.3 is 10.1 Å². The second kappa shape index (κ2) is 7.24. The normalized spacial score (nSPS) is 12.4. The Morgan fingerprint density at radius 2 is 1.90 bits per heavy atom. The van der Waals surface area contributed by atoms with Crippen LogP contribution < -0.4 is 14.8 Å². The Morgan fingerprint density at radius 1 is 1.24 bits per heavy atom. The molecule has 1 rings (SSSR count). The average Bonchev–Trinajstić information content (AvgIpc) is 2.36. The van der Waals surface area contributed by atoms with Gasteiger partial charge in [-0.15, -0.1) is 0 Å². The van der Waals surface area contributed by atoms with Gasteiger partial charge >= 0.3 is 0 Å². The first-order chi connectivity index (χ1) is 9.69. The van der Waals surface area contributed by atoms with E-state index < -0.39 is 15.6 Å². The van der Waals surface area contributed by atoms with Gasteiger partial charge in [0, 0.05) is 12.1 Å². The van der Waals surface area contributed by atoms with Gasteiger partial charge in [-0.05, 0) is 51.4 Å². The Balaban J connectivity index is 3.10. The van der Waals surface area contributed by atoms with E-state index in [1.807, 2.05) is 26.8 Å². The van der Waals surface area contributed by atoms with Gasteiger partial charge in [-0.1, -0.05) is 13.0 Å². The van der Waals surface area contributed by atoms with Gasteiger partial charge in [-0.25, -0.2) is 13.1 Å². The topological polar surface area (TPSA) is 67.4 Å². The molecule has 0 aliphatic heterocycles. The van der Waals surface area contributed by atoms with Crippen molar-refractivity contribution in [3.05, 3.63) is 23.8 Å². The Bertz CT molecular complexity index is 563. The maximum Gasteiger partial charge on any atom is 0.244 e. The zero-order valence-electron chi connectivity index (χ0n) is 13.5. The molecule has 6 heteroatoms. The summed E-state index contributed by atoms with van der Waals surface area (Å²) in [4.78, 5) is 0.177. The Morgan fingerprint density at radius 3 is 2.43 bits per heavy atom. The third-order valence-electron chi connectivity index (χ3n) is 2.71. The SMILES string of the molecule is CCCNCc1ccc(OC)c(S(=O)(=O)NC(C)(C)C)c1. The summed E-state index contributed by atoms with van der Waals surface area (Å²) in [6.07, 6.45) is 1.03. The molecular weight excluding hydrogens is 288 g/mol. The van der Waals surface area contributed by atoms with Crippen LogP contribution in [-0.2, 0) is 16.6 Å². The number of ether oxygens (including phenoxy) is 1. The van der Waals surface area contributed by atoms with Crippen molar-refractivity contribution in [1.29, 1.82) is 0 Å². The van der Waals surface area contributed by atoms with Crippen LogP contribution in [0.25, 0.3) is 0 Å². The third-order valence-corrected chi connectivity index (χ3v) is 4.49. The molecule has 21 heavy (non-hydrogen) atoms. The number of rotatable bonds is 7. The van der Waals surface area contributed by atoms with Crippen LogP contribution in [0, 0.1) is 0 Å². The number of benzene rings is 1. The zero-order chi connectivity index (χ0) is 16.1. The summed E-state index contributed by atoms with van der Waals surface area (Å²) >= 11 is 0. The molecule has 0 heterocycles. The summed E-state index contributed by atoms with van der Waals surface area (Å²) in [7, 11) is -2.14. The molecule has 1 aromatic rings. The van der Waals surface area contributed by atoms with Crippen LogP contribution in [0.5, 0.6) is 5.75 Å². The van der Waals surface area contributed by atoms with Gasteiger partial charge in [-0.2, -0.15) is 0 Å². The fourth-order valence-corrected chi connectivity index (χ4v) is 3.55. The molecule has 0 saturated heterocycles. The highest BCUT2D eigenvalue weighted by atomic mass is 32.2. The van der Waals surface area contributed by atoms with Gasteiger partial charge in [0.1, 0.15) is 10.6 Å². The number of hydrogen-bond donors (Lipinski definition) is 2. The highest BCUT2D eigenvalue weighted by molar-refractivity contribution is 7.89. The van der Waals surface area contributed by atoms with Crippen LogP contribution in [0.2, 0.25) is 0 Å². The molecule has 0 atom stereocenters. The minimum atomic E-state index is -3.62. The van der Waals surface area contributed by atoms with E-state index in [1.54, 1.807) is 12.1 Å². The first-order valence-electron chi connectivity index (χ1n) is 7.11. The van der Waals surface area contributed by atoms with Crippen molar-refractivity contribution >= 4 is 10.0 Å². The highest BCUT2D eigenvalue weighted by Gasteiger charge is 2.25. The summed E-state index contributed by atoms with van der Waals surface area (Å²) in [5, 5.41) is 3.26. The van der Waals surface area contributed by atoms with E-state index in [0.29, 0.717) is 12.3 Å². The van der Waals surface area contributed by atoms with Gasteiger partial charge in [-0.3, -0.25) is 0 Å². The first kappa shape index (κ1) is 17.9. The summed E-state index contributed by atoms with van der Waals surface area (Å²) < 4.78 is 32.8. The second-order valence-corrected chi connectivity index (χ2v) is 7.67. The van der Waals surface area contributed by atoms with Crippen molar-refractivity contribution in [1.82, 2.24) is 10.0 Å². The molecular formula is C15H26N2O3S. The number of hydrogen-bond acceptors (Lipinski definition) is 4. The quantitative estimate of drug-likeness (QED) is 0.758. The largest absolute Gasteiger partial charge is 0.495 e. The van der Waals surface area contributed by atoms with Gasteiger partial charge in [0.25, 0.3) is 0 Å². The van der Waals surface area contributed by atoms with Crippen LogP contribution in [0.1, 0.15) is 39.7 Å². The van der Waals surface area contributed by atoms with Crippen LogP contribution in [0.4, 0.5) is 0 Å². The molecule has 0 amide bonds. The van der Waals surface area contributed by atoms with Gasteiger partial charge in [0.05, 0.1) is 7.11 Å². The number of methoxy groups -OCH3 is 1. The number of nitrogens with one attached hydrogen (secondary N) is 2. The van der Waals surface area contributed by atoms with E-state index in [2.05, 4.69) is 17.0 Å². The molecule has 2 N–H and O–H groups in total.